The minimum absolute atomic E-state index is 0.291. The topological polar surface area (TPSA) is 73.6 Å². The molecule has 1 aromatic heterocycles. The number of carbonyl (C=O) groups is 1. The molecule has 0 aliphatic carbocycles. The zero-order valence-corrected chi connectivity index (χ0v) is 13.0. The van der Waals surface area contributed by atoms with Crippen LogP contribution < -0.4 is 14.8 Å². The van der Waals surface area contributed by atoms with Crippen LogP contribution in [0.4, 0.5) is 5.69 Å². The Bertz CT molecular complexity index is 870. The van der Waals surface area contributed by atoms with Crippen LogP contribution in [0.5, 0.6) is 11.5 Å². The van der Waals surface area contributed by atoms with Crippen LogP contribution in [0.25, 0.3) is 11.1 Å². The van der Waals surface area contributed by atoms with Gasteiger partial charge in [0.2, 0.25) is 0 Å². The summed E-state index contributed by atoms with van der Waals surface area (Å²) in [4.78, 5) is 16.8. The van der Waals surface area contributed by atoms with Crippen LogP contribution in [0.2, 0.25) is 0 Å². The van der Waals surface area contributed by atoms with Crippen LogP contribution in [0, 0.1) is 6.92 Å². The van der Waals surface area contributed by atoms with Crippen molar-refractivity contribution in [1.82, 2.24) is 4.98 Å². The normalized spacial score (nSPS) is 10.6. The molecular formula is C17H16N2O4. The van der Waals surface area contributed by atoms with Crippen molar-refractivity contribution in [2.75, 3.05) is 19.5 Å². The number of benzene rings is 2. The van der Waals surface area contributed by atoms with Gasteiger partial charge >= 0.3 is 0 Å². The number of aromatic nitrogens is 1. The number of oxazole rings is 1. The van der Waals surface area contributed by atoms with Gasteiger partial charge in [-0.05, 0) is 30.3 Å². The fourth-order valence-corrected chi connectivity index (χ4v) is 2.38. The predicted molar refractivity (Wildman–Crippen MR) is 86.2 cm³/mol. The number of hydrogen-bond donors (Lipinski definition) is 1. The van der Waals surface area contributed by atoms with E-state index in [0.29, 0.717) is 39.7 Å². The molecule has 6 heteroatoms. The van der Waals surface area contributed by atoms with Crippen LogP contribution in [-0.2, 0) is 0 Å². The van der Waals surface area contributed by atoms with E-state index < -0.39 is 0 Å². The number of fused-ring (bicyclic) bond motifs is 1. The Labute approximate surface area is 133 Å². The van der Waals surface area contributed by atoms with E-state index in [1.54, 1.807) is 43.3 Å². The van der Waals surface area contributed by atoms with E-state index in [1.807, 2.05) is 0 Å². The monoisotopic (exact) mass is 312 g/mol. The molecule has 6 nitrogen and oxygen atoms in total. The summed E-state index contributed by atoms with van der Waals surface area (Å²) in [6.07, 6.45) is 0. The molecule has 23 heavy (non-hydrogen) atoms. The Morgan fingerprint density at radius 1 is 1.17 bits per heavy atom. The van der Waals surface area contributed by atoms with Crippen molar-refractivity contribution in [2.45, 2.75) is 6.92 Å². The van der Waals surface area contributed by atoms with Crippen LogP contribution in [-0.4, -0.2) is 25.1 Å². The van der Waals surface area contributed by atoms with Gasteiger partial charge in [0, 0.05) is 12.6 Å². The van der Waals surface area contributed by atoms with Crippen molar-refractivity contribution >= 4 is 22.7 Å². The lowest BCUT2D eigenvalue weighted by molar-refractivity contribution is 0.102. The number of nitrogens with one attached hydrogen (secondary N) is 1. The molecule has 1 amide bonds. The first-order chi connectivity index (χ1) is 11.1. The highest BCUT2D eigenvalue weighted by Crippen LogP contribution is 2.31. The second-order valence-corrected chi connectivity index (χ2v) is 4.91. The molecule has 0 aliphatic rings. The predicted octanol–water partition coefficient (Wildman–Crippen LogP) is 3.41. The van der Waals surface area contributed by atoms with Gasteiger partial charge in [0.15, 0.2) is 23.0 Å². The molecule has 0 bridgehead atoms. The van der Waals surface area contributed by atoms with E-state index in [-0.39, 0.29) is 5.91 Å². The first kappa shape index (κ1) is 14.9. The number of hydrogen-bond acceptors (Lipinski definition) is 5. The Morgan fingerprint density at radius 3 is 2.74 bits per heavy atom. The van der Waals surface area contributed by atoms with Crippen molar-refractivity contribution in [3.63, 3.8) is 0 Å². The highest BCUT2D eigenvalue weighted by atomic mass is 16.5. The average Bonchev–Trinajstić information content (AvgIpc) is 2.93. The van der Waals surface area contributed by atoms with E-state index in [2.05, 4.69) is 10.3 Å². The minimum Gasteiger partial charge on any atom is -0.493 e. The summed E-state index contributed by atoms with van der Waals surface area (Å²) in [5.74, 6) is 1.19. The summed E-state index contributed by atoms with van der Waals surface area (Å²) in [6, 6.07) is 10.4. The Hall–Kier alpha value is -3.02. The van der Waals surface area contributed by atoms with Gasteiger partial charge in [-0.1, -0.05) is 6.07 Å². The summed E-state index contributed by atoms with van der Waals surface area (Å²) in [5.41, 5.74) is 2.39. The summed E-state index contributed by atoms with van der Waals surface area (Å²) in [7, 11) is 3.03. The molecule has 0 fully saturated rings. The average molecular weight is 312 g/mol. The molecule has 3 aromatic rings. The summed E-state index contributed by atoms with van der Waals surface area (Å²) in [6.45, 7) is 1.78. The van der Waals surface area contributed by atoms with Gasteiger partial charge in [0.05, 0.1) is 19.8 Å². The fraction of sp³-hybridized carbons (Fsp3) is 0.176. The first-order valence-corrected chi connectivity index (χ1v) is 7.02. The molecule has 0 unspecified atom stereocenters. The van der Waals surface area contributed by atoms with E-state index in [0.717, 1.165) is 0 Å². The van der Waals surface area contributed by atoms with Crippen molar-refractivity contribution in [2.24, 2.45) is 0 Å². The third-order valence-corrected chi connectivity index (χ3v) is 3.40. The number of para-hydroxylation sites is 1. The lowest BCUT2D eigenvalue weighted by Gasteiger charge is -2.12. The molecular weight excluding hydrogens is 296 g/mol. The Kier molecular flexibility index (Phi) is 3.89. The smallest absolute Gasteiger partial charge is 0.259 e. The van der Waals surface area contributed by atoms with Gasteiger partial charge in [-0.25, -0.2) is 4.98 Å². The number of rotatable bonds is 4. The number of methoxy groups -OCH3 is 2. The molecule has 0 atom stereocenters. The van der Waals surface area contributed by atoms with E-state index in [1.165, 1.54) is 14.2 Å². The van der Waals surface area contributed by atoms with E-state index >= 15 is 0 Å². The van der Waals surface area contributed by atoms with Crippen LogP contribution in [0.3, 0.4) is 0 Å². The molecule has 1 heterocycles. The molecule has 3 rings (SSSR count). The molecule has 118 valence electrons. The third kappa shape index (κ3) is 2.83. The first-order valence-electron chi connectivity index (χ1n) is 7.02. The highest BCUT2D eigenvalue weighted by molar-refractivity contribution is 6.07. The number of ether oxygens (including phenoxy) is 2. The maximum atomic E-state index is 12.5. The summed E-state index contributed by atoms with van der Waals surface area (Å²) >= 11 is 0. The lowest BCUT2D eigenvalue weighted by atomic mass is 10.1. The fourth-order valence-electron chi connectivity index (χ4n) is 2.38. The molecule has 0 saturated carbocycles. The molecule has 0 radical (unpaired) electrons. The van der Waals surface area contributed by atoms with Gasteiger partial charge < -0.3 is 19.2 Å². The van der Waals surface area contributed by atoms with Gasteiger partial charge in [0.1, 0.15) is 5.52 Å². The number of anilines is 1. The Morgan fingerprint density at radius 2 is 2.00 bits per heavy atom. The van der Waals surface area contributed by atoms with Crippen molar-refractivity contribution < 1.29 is 18.7 Å². The van der Waals surface area contributed by atoms with Gasteiger partial charge in [0.25, 0.3) is 5.91 Å². The summed E-state index contributed by atoms with van der Waals surface area (Å²) < 4.78 is 15.9. The molecule has 0 aliphatic heterocycles. The highest BCUT2D eigenvalue weighted by Gasteiger charge is 2.16. The van der Waals surface area contributed by atoms with E-state index in [9.17, 15) is 4.79 Å². The maximum absolute atomic E-state index is 12.5. The standard InChI is InChI=1S/C17H16N2O4/c1-10-18-13-9-11(7-8-14(13)23-10)19-17(20)12-5-4-6-15(21-2)16(12)22-3/h4-9H,1-3H3,(H,19,20). The number of nitrogens with zero attached hydrogens (tertiary/aromatic N) is 1. The molecule has 1 N–H and O–H groups in total. The number of carbonyl (C=O) groups excluding carboxylic acids is 1. The molecule has 0 spiro atoms. The SMILES string of the molecule is COc1cccc(C(=O)Nc2ccc3oc(C)nc3c2)c1OC. The Balaban J connectivity index is 1.91. The molecule has 2 aromatic carbocycles. The summed E-state index contributed by atoms with van der Waals surface area (Å²) in [5, 5.41) is 2.83. The van der Waals surface area contributed by atoms with E-state index in [4.69, 9.17) is 13.9 Å². The largest absolute Gasteiger partial charge is 0.493 e. The molecule has 0 saturated heterocycles. The van der Waals surface area contributed by atoms with Crippen LogP contribution >= 0.6 is 0 Å². The van der Waals surface area contributed by atoms with Crippen LogP contribution in [0.1, 0.15) is 16.2 Å². The lowest BCUT2D eigenvalue weighted by Crippen LogP contribution is -2.13. The van der Waals surface area contributed by atoms with Crippen LogP contribution in [0.15, 0.2) is 40.8 Å². The van der Waals surface area contributed by atoms with Gasteiger partial charge in [-0.2, -0.15) is 0 Å². The van der Waals surface area contributed by atoms with Crippen molar-refractivity contribution in [3.05, 3.63) is 47.9 Å². The number of aryl methyl sites for hydroxylation is 1. The third-order valence-electron chi connectivity index (χ3n) is 3.40. The zero-order valence-electron chi connectivity index (χ0n) is 13.0. The van der Waals surface area contributed by atoms with Gasteiger partial charge in [-0.15, -0.1) is 0 Å². The minimum atomic E-state index is -0.291. The van der Waals surface area contributed by atoms with Crippen molar-refractivity contribution in [3.8, 4) is 11.5 Å². The van der Waals surface area contributed by atoms with Crippen molar-refractivity contribution in [1.29, 1.82) is 0 Å². The number of amides is 1. The second kappa shape index (κ2) is 6.00. The second-order valence-electron chi connectivity index (χ2n) is 4.91. The quantitative estimate of drug-likeness (QED) is 0.799. The van der Waals surface area contributed by atoms with Gasteiger partial charge in [-0.3, -0.25) is 4.79 Å². The zero-order chi connectivity index (χ0) is 16.4. The maximum Gasteiger partial charge on any atom is 0.259 e.